The molecule has 7 nitrogen and oxygen atoms in total. The van der Waals surface area contributed by atoms with E-state index in [1.807, 2.05) is 0 Å². The number of hydrogen-bond donors (Lipinski definition) is 1. The fourth-order valence-electron chi connectivity index (χ4n) is 2.58. The van der Waals surface area contributed by atoms with E-state index in [4.69, 9.17) is 31.6 Å². The van der Waals surface area contributed by atoms with Crippen LogP contribution in [0.1, 0.15) is 15.9 Å². The van der Waals surface area contributed by atoms with Gasteiger partial charge in [-0.1, -0.05) is 23.7 Å². The molecule has 0 aromatic heterocycles. The highest BCUT2D eigenvalue weighted by atomic mass is 35.5. The van der Waals surface area contributed by atoms with Crippen LogP contribution in [0.2, 0.25) is 5.02 Å². The number of nitrogens with zero attached hydrogens (tertiary/aromatic N) is 3. The highest BCUT2D eigenvalue weighted by Crippen LogP contribution is 2.37. The Morgan fingerprint density at radius 2 is 1.68 bits per heavy atom. The van der Waals surface area contributed by atoms with E-state index >= 15 is 0 Å². The Kier molecular flexibility index (Phi) is 5.46. The SMILES string of the molecule is N#CC(C#N)=C(C#N)Nc1cc2c(cc1C(=O)c1cccc(Cl)c1)OCCO2. The van der Waals surface area contributed by atoms with Crippen molar-refractivity contribution in [1.29, 1.82) is 15.8 Å². The van der Waals surface area contributed by atoms with Gasteiger partial charge in [-0.25, -0.2) is 0 Å². The van der Waals surface area contributed by atoms with Crippen molar-refractivity contribution in [2.24, 2.45) is 0 Å². The zero-order valence-electron chi connectivity index (χ0n) is 14.3. The Bertz CT molecular complexity index is 1100. The van der Waals surface area contributed by atoms with Crippen LogP contribution in [0.5, 0.6) is 11.5 Å². The fourth-order valence-corrected chi connectivity index (χ4v) is 2.77. The number of allylic oxidation sites excluding steroid dienone is 2. The molecule has 1 aliphatic rings. The molecule has 136 valence electrons. The molecule has 3 rings (SSSR count). The summed E-state index contributed by atoms with van der Waals surface area (Å²) in [7, 11) is 0. The normalized spacial score (nSPS) is 11.4. The Morgan fingerprint density at radius 3 is 2.29 bits per heavy atom. The summed E-state index contributed by atoms with van der Waals surface area (Å²) in [4.78, 5) is 13.1. The first kappa shape index (κ1) is 18.8. The van der Waals surface area contributed by atoms with Crippen LogP contribution in [0.15, 0.2) is 47.7 Å². The van der Waals surface area contributed by atoms with Crippen molar-refractivity contribution in [2.45, 2.75) is 0 Å². The van der Waals surface area contributed by atoms with Gasteiger partial charge in [0.05, 0.1) is 5.69 Å². The zero-order chi connectivity index (χ0) is 20.1. The molecule has 0 saturated heterocycles. The maximum Gasteiger partial charge on any atom is 0.195 e. The van der Waals surface area contributed by atoms with E-state index in [-0.39, 0.29) is 22.7 Å². The Morgan fingerprint density at radius 1 is 1.00 bits per heavy atom. The summed E-state index contributed by atoms with van der Waals surface area (Å²) >= 11 is 5.98. The predicted octanol–water partition coefficient (Wildman–Crippen LogP) is 3.58. The minimum absolute atomic E-state index is 0.175. The number of fused-ring (bicyclic) bond motifs is 1. The van der Waals surface area contributed by atoms with Gasteiger partial charge in [0, 0.05) is 22.2 Å². The molecule has 1 aliphatic heterocycles. The van der Waals surface area contributed by atoms with Crippen molar-refractivity contribution in [3.8, 4) is 29.7 Å². The highest BCUT2D eigenvalue weighted by Gasteiger charge is 2.22. The first-order valence-corrected chi connectivity index (χ1v) is 8.40. The van der Waals surface area contributed by atoms with Crippen LogP contribution in [-0.2, 0) is 0 Å². The van der Waals surface area contributed by atoms with Gasteiger partial charge >= 0.3 is 0 Å². The first-order valence-electron chi connectivity index (χ1n) is 8.03. The second-order valence-corrected chi connectivity index (χ2v) is 6.03. The Hall–Kier alpha value is -3.99. The van der Waals surface area contributed by atoms with Crippen LogP contribution in [0.4, 0.5) is 5.69 Å². The molecule has 0 bridgehead atoms. The van der Waals surface area contributed by atoms with Crippen molar-refractivity contribution < 1.29 is 14.3 Å². The fraction of sp³-hybridized carbons (Fsp3) is 0.100. The molecular formula is C20H11ClN4O3. The summed E-state index contributed by atoms with van der Waals surface area (Å²) in [6.07, 6.45) is 0. The third-order valence-corrected chi connectivity index (χ3v) is 4.09. The summed E-state index contributed by atoms with van der Waals surface area (Å²) in [5.41, 5.74) is 0.0270. The molecule has 0 radical (unpaired) electrons. The van der Waals surface area contributed by atoms with E-state index in [2.05, 4.69) is 5.32 Å². The third kappa shape index (κ3) is 3.73. The van der Waals surface area contributed by atoms with Crippen molar-refractivity contribution in [1.82, 2.24) is 0 Å². The van der Waals surface area contributed by atoms with Crippen molar-refractivity contribution in [3.05, 3.63) is 63.8 Å². The maximum atomic E-state index is 13.1. The van der Waals surface area contributed by atoms with Crippen LogP contribution in [0.3, 0.4) is 0 Å². The van der Waals surface area contributed by atoms with Gasteiger partial charge in [-0.3, -0.25) is 4.79 Å². The number of rotatable bonds is 4. The summed E-state index contributed by atoms with van der Waals surface area (Å²) in [6, 6.07) is 14.5. The second kappa shape index (κ2) is 8.14. The van der Waals surface area contributed by atoms with Crippen molar-refractivity contribution in [2.75, 3.05) is 18.5 Å². The van der Waals surface area contributed by atoms with Crippen LogP contribution in [0, 0.1) is 34.0 Å². The van der Waals surface area contributed by atoms with Crippen molar-refractivity contribution >= 4 is 23.1 Å². The van der Waals surface area contributed by atoms with Gasteiger partial charge in [0.25, 0.3) is 0 Å². The molecule has 0 fully saturated rings. The molecule has 1 heterocycles. The summed E-state index contributed by atoms with van der Waals surface area (Å²) in [6.45, 7) is 0.664. The van der Waals surface area contributed by atoms with Crippen LogP contribution in [0.25, 0.3) is 0 Å². The summed E-state index contributed by atoms with van der Waals surface area (Å²) < 4.78 is 11.1. The number of ketones is 1. The lowest BCUT2D eigenvalue weighted by Crippen LogP contribution is -2.17. The van der Waals surface area contributed by atoms with E-state index in [9.17, 15) is 10.1 Å². The topological polar surface area (TPSA) is 119 Å². The van der Waals surface area contributed by atoms with Crippen LogP contribution >= 0.6 is 11.6 Å². The molecule has 8 heteroatoms. The molecule has 28 heavy (non-hydrogen) atoms. The number of carbonyl (C=O) groups is 1. The van der Waals surface area contributed by atoms with Gasteiger partial charge in [0.15, 0.2) is 22.9 Å². The smallest absolute Gasteiger partial charge is 0.195 e. The zero-order valence-corrected chi connectivity index (χ0v) is 15.1. The lowest BCUT2D eigenvalue weighted by Gasteiger charge is -2.21. The van der Waals surface area contributed by atoms with Gasteiger partial charge < -0.3 is 14.8 Å². The molecule has 2 aromatic rings. The third-order valence-electron chi connectivity index (χ3n) is 3.86. The number of benzene rings is 2. The van der Waals surface area contributed by atoms with E-state index in [0.29, 0.717) is 35.3 Å². The molecule has 0 spiro atoms. The van der Waals surface area contributed by atoms with E-state index in [1.54, 1.807) is 36.4 Å². The number of nitriles is 3. The van der Waals surface area contributed by atoms with Gasteiger partial charge in [-0.05, 0) is 18.2 Å². The van der Waals surface area contributed by atoms with Gasteiger partial charge in [0.1, 0.15) is 37.1 Å². The average Bonchev–Trinajstić information content (AvgIpc) is 2.72. The predicted molar refractivity (Wildman–Crippen MR) is 99.8 cm³/mol. The minimum atomic E-state index is -0.404. The molecule has 1 N–H and O–H groups in total. The number of halogens is 1. The maximum absolute atomic E-state index is 13.1. The quantitative estimate of drug-likeness (QED) is 0.625. The molecular weight excluding hydrogens is 380 g/mol. The first-order chi connectivity index (χ1) is 13.6. The lowest BCUT2D eigenvalue weighted by atomic mass is 10.00. The number of hydrogen-bond acceptors (Lipinski definition) is 7. The molecule has 0 aliphatic carbocycles. The van der Waals surface area contributed by atoms with Crippen molar-refractivity contribution in [3.63, 3.8) is 0 Å². The van der Waals surface area contributed by atoms with Gasteiger partial charge in [-0.2, -0.15) is 15.8 Å². The number of nitrogens with one attached hydrogen (secondary N) is 1. The average molecular weight is 391 g/mol. The number of anilines is 1. The summed E-state index contributed by atoms with van der Waals surface area (Å²) in [5, 5.41) is 30.5. The largest absolute Gasteiger partial charge is 0.486 e. The number of ether oxygens (including phenoxy) is 2. The summed E-state index contributed by atoms with van der Waals surface area (Å²) in [5.74, 6) is 0.379. The Balaban J connectivity index is 2.14. The van der Waals surface area contributed by atoms with E-state index < -0.39 is 5.57 Å². The number of carbonyl (C=O) groups excluding carboxylic acids is 1. The lowest BCUT2D eigenvalue weighted by molar-refractivity contribution is 0.103. The molecule has 0 amide bonds. The molecule has 2 aromatic carbocycles. The van der Waals surface area contributed by atoms with Gasteiger partial charge in [0.2, 0.25) is 0 Å². The second-order valence-electron chi connectivity index (χ2n) is 5.59. The minimum Gasteiger partial charge on any atom is -0.486 e. The molecule has 0 atom stereocenters. The Labute approximate surface area is 165 Å². The van der Waals surface area contributed by atoms with Crippen LogP contribution in [-0.4, -0.2) is 19.0 Å². The van der Waals surface area contributed by atoms with E-state index in [0.717, 1.165) is 0 Å². The molecule has 0 unspecified atom stereocenters. The van der Waals surface area contributed by atoms with E-state index in [1.165, 1.54) is 18.2 Å². The monoisotopic (exact) mass is 390 g/mol. The van der Waals surface area contributed by atoms with Crippen LogP contribution < -0.4 is 14.8 Å². The highest BCUT2D eigenvalue weighted by molar-refractivity contribution is 6.31. The van der Waals surface area contributed by atoms with Gasteiger partial charge in [-0.15, -0.1) is 0 Å². The molecule has 0 saturated carbocycles. The standard InChI is InChI=1S/C20H11ClN4O3/c21-14-3-1-2-12(6-14)20(26)15-7-18-19(28-5-4-27-18)8-16(15)25-17(11-24)13(9-22)10-23/h1-3,6-8,25H,4-5H2.